The molecule has 0 spiro atoms. The molecule has 3 amide bonds. The molecule has 0 heterocycles. The SMILES string of the molecule is NC(=O)C(Cc1ccccc1)NC(=O)CC(NC(=O)c1ccccc1)c1ccccc1. The molecule has 31 heavy (non-hydrogen) atoms. The van der Waals surface area contributed by atoms with Crippen LogP contribution in [-0.2, 0) is 16.0 Å². The lowest BCUT2D eigenvalue weighted by atomic mass is 10.0. The van der Waals surface area contributed by atoms with E-state index in [0.29, 0.717) is 12.0 Å². The Balaban J connectivity index is 1.71. The fraction of sp³-hybridized carbons (Fsp3) is 0.160. The predicted octanol–water partition coefficient (Wildman–Crippen LogP) is 2.76. The summed E-state index contributed by atoms with van der Waals surface area (Å²) in [4.78, 5) is 37.3. The quantitative estimate of drug-likeness (QED) is 0.501. The molecule has 3 aromatic rings. The highest BCUT2D eigenvalue weighted by Gasteiger charge is 2.23. The van der Waals surface area contributed by atoms with Crippen molar-refractivity contribution in [1.82, 2.24) is 10.6 Å². The van der Waals surface area contributed by atoms with E-state index in [1.807, 2.05) is 66.7 Å². The van der Waals surface area contributed by atoms with Gasteiger partial charge in [-0.1, -0.05) is 78.9 Å². The van der Waals surface area contributed by atoms with E-state index in [1.54, 1.807) is 24.3 Å². The van der Waals surface area contributed by atoms with Crippen LogP contribution >= 0.6 is 0 Å². The maximum atomic E-state index is 12.8. The lowest BCUT2D eigenvalue weighted by molar-refractivity contribution is -0.127. The molecule has 3 aromatic carbocycles. The summed E-state index contributed by atoms with van der Waals surface area (Å²) in [5, 5.41) is 5.63. The average Bonchev–Trinajstić information content (AvgIpc) is 2.80. The summed E-state index contributed by atoms with van der Waals surface area (Å²) in [6.07, 6.45) is 0.273. The summed E-state index contributed by atoms with van der Waals surface area (Å²) >= 11 is 0. The third-order valence-electron chi connectivity index (χ3n) is 4.89. The zero-order valence-corrected chi connectivity index (χ0v) is 17.0. The third-order valence-corrected chi connectivity index (χ3v) is 4.89. The van der Waals surface area contributed by atoms with Crippen molar-refractivity contribution >= 4 is 17.7 Å². The third kappa shape index (κ3) is 6.54. The Hall–Kier alpha value is -3.93. The van der Waals surface area contributed by atoms with Gasteiger partial charge in [0.1, 0.15) is 6.04 Å². The molecule has 2 unspecified atom stereocenters. The number of primary amides is 1. The zero-order chi connectivity index (χ0) is 22.1. The largest absolute Gasteiger partial charge is 0.368 e. The minimum atomic E-state index is -0.837. The monoisotopic (exact) mass is 415 g/mol. The van der Waals surface area contributed by atoms with Crippen molar-refractivity contribution in [3.8, 4) is 0 Å². The van der Waals surface area contributed by atoms with Gasteiger partial charge in [-0.3, -0.25) is 14.4 Å². The summed E-state index contributed by atoms with van der Waals surface area (Å²) in [5.41, 5.74) is 7.70. The van der Waals surface area contributed by atoms with Crippen molar-refractivity contribution in [3.63, 3.8) is 0 Å². The molecule has 0 radical (unpaired) electrons. The molecule has 6 heteroatoms. The van der Waals surface area contributed by atoms with Crippen LogP contribution < -0.4 is 16.4 Å². The Labute approximate surface area is 181 Å². The van der Waals surface area contributed by atoms with E-state index in [0.717, 1.165) is 11.1 Å². The van der Waals surface area contributed by atoms with Crippen LogP contribution in [0.15, 0.2) is 91.0 Å². The normalized spacial score (nSPS) is 12.4. The van der Waals surface area contributed by atoms with E-state index < -0.39 is 18.0 Å². The van der Waals surface area contributed by atoms with Crippen LogP contribution in [0, 0.1) is 0 Å². The molecule has 0 fully saturated rings. The Kier molecular flexibility index (Phi) is 7.54. The number of hydrogen-bond donors (Lipinski definition) is 3. The number of rotatable bonds is 9. The molecule has 0 aliphatic heterocycles. The lowest BCUT2D eigenvalue weighted by Gasteiger charge is -2.21. The van der Waals surface area contributed by atoms with Crippen molar-refractivity contribution < 1.29 is 14.4 Å². The van der Waals surface area contributed by atoms with Gasteiger partial charge < -0.3 is 16.4 Å². The Morgan fingerprint density at radius 1 is 0.742 bits per heavy atom. The second-order valence-corrected chi connectivity index (χ2v) is 7.22. The molecule has 0 bridgehead atoms. The van der Waals surface area contributed by atoms with Crippen LogP contribution in [-0.4, -0.2) is 23.8 Å². The number of carbonyl (C=O) groups excluding carboxylic acids is 3. The second-order valence-electron chi connectivity index (χ2n) is 7.22. The van der Waals surface area contributed by atoms with Crippen LogP contribution in [0.1, 0.15) is 33.9 Å². The first-order chi connectivity index (χ1) is 15.0. The van der Waals surface area contributed by atoms with Crippen molar-refractivity contribution in [2.45, 2.75) is 24.9 Å². The Morgan fingerprint density at radius 2 is 1.29 bits per heavy atom. The first-order valence-corrected chi connectivity index (χ1v) is 10.1. The van der Waals surface area contributed by atoms with Crippen LogP contribution in [0.5, 0.6) is 0 Å². The van der Waals surface area contributed by atoms with Gasteiger partial charge in [-0.25, -0.2) is 0 Å². The molecular weight excluding hydrogens is 390 g/mol. The summed E-state index contributed by atoms with van der Waals surface area (Å²) in [5.74, 6) is -1.26. The van der Waals surface area contributed by atoms with Crippen LogP contribution in [0.4, 0.5) is 0 Å². The molecule has 4 N–H and O–H groups in total. The maximum Gasteiger partial charge on any atom is 0.251 e. The molecule has 0 aliphatic carbocycles. The fourth-order valence-corrected chi connectivity index (χ4v) is 3.28. The van der Waals surface area contributed by atoms with E-state index in [9.17, 15) is 14.4 Å². The highest BCUT2D eigenvalue weighted by molar-refractivity contribution is 5.95. The van der Waals surface area contributed by atoms with Crippen molar-refractivity contribution in [1.29, 1.82) is 0 Å². The minimum Gasteiger partial charge on any atom is -0.368 e. The van der Waals surface area contributed by atoms with Gasteiger partial charge in [0, 0.05) is 12.0 Å². The van der Waals surface area contributed by atoms with Gasteiger partial charge in [-0.15, -0.1) is 0 Å². The molecule has 0 aromatic heterocycles. The highest BCUT2D eigenvalue weighted by Crippen LogP contribution is 2.18. The van der Waals surface area contributed by atoms with E-state index in [1.165, 1.54) is 0 Å². The van der Waals surface area contributed by atoms with E-state index in [2.05, 4.69) is 10.6 Å². The van der Waals surface area contributed by atoms with Crippen molar-refractivity contribution in [3.05, 3.63) is 108 Å². The zero-order valence-electron chi connectivity index (χ0n) is 17.0. The molecule has 6 nitrogen and oxygen atoms in total. The van der Waals surface area contributed by atoms with Gasteiger partial charge in [-0.2, -0.15) is 0 Å². The topological polar surface area (TPSA) is 101 Å². The summed E-state index contributed by atoms with van der Waals surface area (Å²) in [7, 11) is 0. The standard InChI is InChI=1S/C25H25N3O3/c26-24(30)22(16-18-10-4-1-5-11-18)27-23(29)17-21(19-12-6-2-7-13-19)28-25(31)20-14-8-3-9-15-20/h1-15,21-22H,16-17H2,(H2,26,30)(H,27,29)(H,28,31). The number of nitrogens with two attached hydrogens (primary N) is 1. The molecule has 0 saturated carbocycles. The molecule has 0 aliphatic rings. The number of carbonyl (C=O) groups is 3. The first-order valence-electron chi connectivity index (χ1n) is 10.1. The molecule has 2 atom stereocenters. The summed E-state index contributed by atoms with van der Waals surface area (Å²) < 4.78 is 0. The summed E-state index contributed by atoms with van der Waals surface area (Å²) in [6.45, 7) is 0. The van der Waals surface area contributed by atoms with Gasteiger partial charge >= 0.3 is 0 Å². The number of benzene rings is 3. The maximum absolute atomic E-state index is 12.8. The van der Waals surface area contributed by atoms with Gasteiger partial charge in [0.15, 0.2) is 0 Å². The number of nitrogens with one attached hydrogen (secondary N) is 2. The van der Waals surface area contributed by atoms with Gasteiger partial charge in [0.05, 0.1) is 12.5 Å². The van der Waals surface area contributed by atoms with E-state index in [-0.39, 0.29) is 18.2 Å². The predicted molar refractivity (Wildman–Crippen MR) is 119 cm³/mol. The van der Waals surface area contributed by atoms with Crippen molar-refractivity contribution in [2.75, 3.05) is 0 Å². The molecule has 158 valence electrons. The van der Waals surface area contributed by atoms with E-state index >= 15 is 0 Å². The minimum absolute atomic E-state index is 0.0266. The van der Waals surface area contributed by atoms with Crippen LogP contribution in [0.3, 0.4) is 0 Å². The Bertz CT molecular complexity index is 1010. The number of hydrogen-bond acceptors (Lipinski definition) is 3. The van der Waals surface area contributed by atoms with Gasteiger partial charge in [-0.05, 0) is 23.3 Å². The van der Waals surface area contributed by atoms with E-state index in [4.69, 9.17) is 5.73 Å². The molecular formula is C25H25N3O3. The summed E-state index contributed by atoms with van der Waals surface area (Å²) in [6, 6.07) is 26.0. The van der Waals surface area contributed by atoms with Crippen LogP contribution in [0.2, 0.25) is 0 Å². The average molecular weight is 415 g/mol. The molecule has 0 saturated heterocycles. The highest BCUT2D eigenvalue weighted by atomic mass is 16.2. The fourth-order valence-electron chi connectivity index (χ4n) is 3.28. The van der Waals surface area contributed by atoms with Crippen LogP contribution in [0.25, 0.3) is 0 Å². The lowest BCUT2D eigenvalue weighted by Crippen LogP contribution is -2.46. The molecule has 3 rings (SSSR count). The second kappa shape index (κ2) is 10.7. The van der Waals surface area contributed by atoms with Crippen molar-refractivity contribution in [2.24, 2.45) is 5.73 Å². The number of amides is 3. The van der Waals surface area contributed by atoms with Gasteiger partial charge in [0.2, 0.25) is 11.8 Å². The van der Waals surface area contributed by atoms with Gasteiger partial charge in [0.25, 0.3) is 5.91 Å². The smallest absolute Gasteiger partial charge is 0.251 e. The first kappa shape index (κ1) is 21.8. The Morgan fingerprint density at radius 3 is 1.87 bits per heavy atom.